The molecule has 0 radical (unpaired) electrons. The van der Waals surface area contributed by atoms with Gasteiger partial charge in [-0.15, -0.1) is 0 Å². The molecule has 1 N–H and O–H groups in total. The van der Waals surface area contributed by atoms with Gasteiger partial charge in [-0.3, -0.25) is 0 Å². The fraction of sp³-hybridized carbons (Fsp3) is 0.286. The summed E-state index contributed by atoms with van der Waals surface area (Å²) in [6.07, 6.45) is 3.62. The third-order valence-electron chi connectivity index (χ3n) is 1.05. The molecule has 0 bridgehead atoms. The molecule has 1 aromatic rings. The van der Waals surface area contributed by atoms with Crippen LogP contribution < -0.4 is 5.32 Å². The Balaban J connectivity index is 2.68. The minimum absolute atomic E-state index is 0.921. The molecular formula is C7H10N2S. The molecule has 1 aromatic heterocycles. The lowest BCUT2D eigenvalue weighted by Gasteiger charge is -1.92. The highest BCUT2D eigenvalue weighted by Crippen LogP contribution is 2.17. The van der Waals surface area contributed by atoms with Gasteiger partial charge in [0.15, 0.2) is 5.13 Å². The van der Waals surface area contributed by atoms with E-state index in [1.165, 1.54) is 0 Å². The number of nitrogens with one attached hydrogen (secondary N) is 1. The van der Waals surface area contributed by atoms with E-state index in [0.29, 0.717) is 0 Å². The standard InChI is InChI=1S/C7H10N2S/c1-3-6-5-9-7(10-6)8-4-2/h3,5H,1,4H2,2H3,(H,8,9). The SMILES string of the molecule is C=Cc1cnc(NCC)s1. The Labute approximate surface area is 64.6 Å². The van der Waals surface area contributed by atoms with Crippen LogP contribution in [0.25, 0.3) is 6.08 Å². The van der Waals surface area contributed by atoms with Crippen molar-refractivity contribution in [1.82, 2.24) is 4.98 Å². The highest BCUT2D eigenvalue weighted by molar-refractivity contribution is 7.16. The number of rotatable bonds is 3. The highest BCUT2D eigenvalue weighted by atomic mass is 32.1. The van der Waals surface area contributed by atoms with Gasteiger partial charge in [0.05, 0.1) is 0 Å². The van der Waals surface area contributed by atoms with Crippen molar-refractivity contribution >= 4 is 22.5 Å². The first-order chi connectivity index (χ1) is 4.86. The molecule has 10 heavy (non-hydrogen) atoms. The maximum atomic E-state index is 4.11. The van der Waals surface area contributed by atoms with Crippen LogP contribution in [-0.2, 0) is 0 Å². The maximum Gasteiger partial charge on any atom is 0.183 e. The first-order valence-electron chi connectivity index (χ1n) is 3.19. The smallest absolute Gasteiger partial charge is 0.183 e. The quantitative estimate of drug-likeness (QED) is 0.722. The van der Waals surface area contributed by atoms with Crippen molar-refractivity contribution in [3.05, 3.63) is 17.7 Å². The van der Waals surface area contributed by atoms with Crippen molar-refractivity contribution < 1.29 is 0 Å². The lowest BCUT2D eigenvalue weighted by atomic mass is 10.6. The molecule has 0 aliphatic rings. The fourth-order valence-corrected chi connectivity index (χ4v) is 1.35. The summed E-state index contributed by atoms with van der Waals surface area (Å²) in [6.45, 7) is 6.62. The molecule has 2 nitrogen and oxygen atoms in total. The molecule has 0 unspecified atom stereocenters. The molecule has 0 saturated carbocycles. The van der Waals surface area contributed by atoms with Crippen LogP contribution in [0.4, 0.5) is 5.13 Å². The molecule has 0 spiro atoms. The Morgan fingerprint density at radius 1 is 1.90 bits per heavy atom. The van der Waals surface area contributed by atoms with Crippen molar-refractivity contribution in [2.45, 2.75) is 6.92 Å². The van der Waals surface area contributed by atoms with E-state index >= 15 is 0 Å². The van der Waals surface area contributed by atoms with E-state index < -0.39 is 0 Å². The molecule has 0 aliphatic heterocycles. The summed E-state index contributed by atoms with van der Waals surface area (Å²) in [5.74, 6) is 0. The zero-order chi connectivity index (χ0) is 7.40. The lowest BCUT2D eigenvalue weighted by Crippen LogP contribution is -1.93. The van der Waals surface area contributed by atoms with Gasteiger partial charge in [0.1, 0.15) is 0 Å². The Bertz CT molecular complexity index is 217. The van der Waals surface area contributed by atoms with Crippen molar-refractivity contribution in [2.75, 3.05) is 11.9 Å². The van der Waals surface area contributed by atoms with E-state index in [1.54, 1.807) is 17.4 Å². The van der Waals surface area contributed by atoms with Crippen LogP contribution in [0.3, 0.4) is 0 Å². The number of aromatic nitrogens is 1. The van der Waals surface area contributed by atoms with Gasteiger partial charge < -0.3 is 5.32 Å². The van der Waals surface area contributed by atoms with Gasteiger partial charge >= 0.3 is 0 Å². The van der Waals surface area contributed by atoms with Gasteiger partial charge in [-0.1, -0.05) is 24.0 Å². The van der Waals surface area contributed by atoms with Crippen LogP contribution in [0.15, 0.2) is 12.8 Å². The predicted molar refractivity (Wildman–Crippen MR) is 46.4 cm³/mol. The minimum Gasteiger partial charge on any atom is -0.362 e. The Morgan fingerprint density at radius 2 is 2.70 bits per heavy atom. The normalized spacial score (nSPS) is 9.30. The van der Waals surface area contributed by atoms with Crippen molar-refractivity contribution in [2.24, 2.45) is 0 Å². The second-order valence-corrected chi connectivity index (χ2v) is 2.86. The van der Waals surface area contributed by atoms with E-state index in [9.17, 15) is 0 Å². The predicted octanol–water partition coefficient (Wildman–Crippen LogP) is 2.22. The molecule has 0 amide bonds. The molecule has 0 saturated heterocycles. The van der Waals surface area contributed by atoms with Gasteiger partial charge in [0, 0.05) is 17.6 Å². The molecule has 54 valence electrons. The van der Waals surface area contributed by atoms with Gasteiger partial charge in [0.2, 0.25) is 0 Å². The number of anilines is 1. The molecule has 0 aliphatic carbocycles. The summed E-state index contributed by atoms with van der Waals surface area (Å²) in [6, 6.07) is 0. The average Bonchev–Trinajstić information content (AvgIpc) is 2.37. The molecule has 3 heteroatoms. The second-order valence-electron chi connectivity index (χ2n) is 1.80. The van der Waals surface area contributed by atoms with Gasteiger partial charge in [-0.25, -0.2) is 4.98 Å². The van der Waals surface area contributed by atoms with Crippen LogP contribution in [0, 0.1) is 0 Å². The summed E-state index contributed by atoms with van der Waals surface area (Å²) in [4.78, 5) is 5.22. The van der Waals surface area contributed by atoms with Crippen LogP contribution in [0.2, 0.25) is 0 Å². The molecule has 0 atom stereocenters. The van der Waals surface area contributed by atoms with Crippen LogP contribution >= 0.6 is 11.3 Å². The Hall–Kier alpha value is -0.830. The molecule has 1 heterocycles. The topological polar surface area (TPSA) is 24.9 Å². The highest BCUT2D eigenvalue weighted by Gasteiger charge is 1.94. The first kappa shape index (κ1) is 7.28. The first-order valence-corrected chi connectivity index (χ1v) is 4.00. The van der Waals surface area contributed by atoms with Crippen molar-refractivity contribution in [3.63, 3.8) is 0 Å². The summed E-state index contributed by atoms with van der Waals surface area (Å²) in [5, 5.41) is 4.09. The lowest BCUT2D eigenvalue weighted by molar-refractivity contribution is 1.19. The third kappa shape index (κ3) is 1.57. The molecule has 0 fully saturated rings. The Kier molecular flexibility index (Phi) is 2.45. The summed E-state index contributed by atoms with van der Waals surface area (Å²) >= 11 is 1.62. The third-order valence-corrected chi connectivity index (χ3v) is 2.00. The summed E-state index contributed by atoms with van der Waals surface area (Å²) in [7, 11) is 0. The minimum atomic E-state index is 0.921. The zero-order valence-corrected chi connectivity index (χ0v) is 6.74. The van der Waals surface area contributed by atoms with Crippen molar-refractivity contribution in [3.8, 4) is 0 Å². The number of thiazole rings is 1. The van der Waals surface area contributed by atoms with E-state index in [4.69, 9.17) is 0 Å². The van der Waals surface area contributed by atoms with E-state index in [2.05, 4.69) is 23.8 Å². The molecule has 0 aromatic carbocycles. The van der Waals surface area contributed by atoms with Gasteiger partial charge in [-0.05, 0) is 6.92 Å². The summed E-state index contributed by atoms with van der Waals surface area (Å²) < 4.78 is 0. The van der Waals surface area contributed by atoms with Gasteiger partial charge in [-0.2, -0.15) is 0 Å². The second kappa shape index (κ2) is 3.37. The van der Waals surface area contributed by atoms with Crippen molar-refractivity contribution in [1.29, 1.82) is 0 Å². The zero-order valence-electron chi connectivity index (χ0n) is 5.92. The maximum absolute atomic E-state index is 4.11. The fourth-order valence-electron chi connectivity index (χ4n) is 0.614. The Morgan fingerprint density at radius 3 is 3.20 bits per heavy atom. The average molecular weight is 154 g/mol. The molecule has 1 rings (SSSR count). The van der Waals surface area contributed by atoms with Gasteiger partial charge in [0.25, 0.3) is 0 Å². The largest absolute Gasteiger partial charge is 0.362 e. The number of hydrogen-bond donors (Lipinski definition) is 1. The molecular weight excluding hydrogens is 144 g/mol. The van der Waals surface area contributed by atoms with E-state index in [0.717, 1.165) is 16.6 Å². The van der Waals surface area contributed by atoms with Crippen LogP contribution in [-0.4, -0.2) is 11.5 Å². The monoisotopic (exact) mass is 154 g/mol. The number of hydrogen-bond acceptors (Lipinski definition) is 3. The van der Waals surface area contributed by atoms with Crippen LogP contribution in [0.1, 0.15) is 11.8 Å². The van der Waals surface area contributed by atoms with E-state index in [-0.39, 0.29) is 0 Å². The van der Waals surface area contributed by atoms with E-state index in [1.807, 2.05) is 6.20 Å². The number of nitrogens with zero attached hydrogens (tertiary/aromatic N) is 1. The van der Waals surface area contributed by atoms with Crippen LogP contribution in [0.5, 0.6) is 0 Å². The summed E-state index contributed by atoms with van der Waals surface area (Å²) in [5.41, 5.74) is 0.